The van der Waals surface area contributed by atoms with Crippen LogP contribution < -0.4 is 9.47 Å². The highest BCUT2D eigenvalue weighted by atomic mass is 16.5. The van der Waals surface area contributed by atoms with Crippen LogP contribution in [-0.2, 0) is 4.79 Å². The summed E-state index contributed by atoms with van der Waals surface area (Å²) in [4.78, 5) is 12.4. The summed E-state index contributed by atoms with van der Waals surface area (Å²) in [7, 11) is 1.52. The van der Waals surface area contributed by atoms with E-state index in [0.29, 0.717) is 23.3 Å². The van der Waals surface area contributed by atoms with Gasteiger partial charge in [-0.3, -0.25) is 4.79 Å². The number of unbranched alkanes of at least 4 members (excludes halogenated alkanes) is 8. The van der Waals surface area contributed by atoms with E-state index in [1.165, 1.54) is 76.0 Å². The van der Waals surface area contributed by atoms with E-state index in [1.54, 1.807) is 18.2 Å². The molecule has 2 rings (SSSR count). The summed E-state index contributed by atoms with van der Waals surface area (Å²) < 4.78 is 10.8. The molecule has 6 nitrogen and oxygen atoms in total. The average molecular weight is 471 g/mol. The maximum Gasteiger partial charge on any atom is 0.311 e. The van der Waals surface area contributed by atoms with Crippen molar-refractivity contribution in [2.75, 3.05) is 7.11 Å². The molecule has 0 aliphatic rings. The molecule has 0 aliphatic carbocycles. The normalized spacial score (nSPS) is 12.1. The second-order valence-corrected chi connectivity index (χ2v) is 8.50. The number of esters is 1. The molecule has 1 unspecified atom stereocenters. The van der Waals surface area contributed by atoms with Crippen LogP contribution in [0, 0.1) is 0 Å². The number of benzene rings is 2. The van der Waals surface area contributed by atoms with Crippen LogP contribution in [0.1, 0.15) is 88.4 Å². The zero-order chi connectivity index (χ0) is 24.8. The van der Waals surface area contributed by atoms with E-state index in [4.69, 9.17) is 9.47 Å². The first-order chi connectivity index (χ1) is 16.4. The zero-order valence-corrected chi connectivity index (χ0v) is 20.3. The Kier molecular flexibility index (Phi) is 12.0. The second kappa shape index (κ2) is 15.0. The Bertz CT molecular complexity index is 921. The maximum absolute atomic E-state index is 12.4. The molecule has 0 fully saturated rings. The fraction of sp³-hybridized carbons (Fsp3) is 0.464. The molecule has 186 valence electrons. The maximum atomic E-state index is 12.4. The first-order valence-electron chi connectivity index (χ1n) is 12.2. The van der Waals surface area contributed by atoms with Crippen LogP contribution in [0.3, 0.4) is 0 Å². The lowest BCUT2D eigenvalue weighted by molar-refractivity contribution is -0.134. The summed E-state index contributed by atoms with van der Waals surface area (Å²) in [5.74, 6) is 0.261. The number of hydrogen-bond donors (Lipinski definition) is 3. The molecule has 0 saturated heterocycles. The molecule has 0 aromatic heterocycles. The summed E-state index contributed by atoms with van der Waals surface area (Å²) >= 11 is 0. The monoisotopic (exact) mass is 470 g/mol. The van der Waals surface area contributed by atoms with Gasteiger partial charge in [0.25, 0.3) is 0 Å². The summed E-state index contributed by atoms with van der Waals surface area (Å²) in [6.45, 7) is 2.22. The van der Waals surface area contributed by atoms with Gasteiger partial charge in [0.15, 0.2) is 0 Å². The number of hydrogen-bond acceptors (Lipinski definition) is 6. The van der Waals surface area contributed by atoms with Crippen LogP contribution in [0.5, 0.6) is 23.0 Å². The molecule has 0 amide bonds. The lowest BCUT2D eigenvalue weighted by Gasteiger charge is -2.14. The highest BCUT2D eigenvalue weighted by Gasteiger charge is 2.16. The van der Waals surface area contributed by atoms with Gasteiger partial charge in [0.05, 0.1) is 7.11 Å². The number of phenolic OH excluding ortho intramolecular Hbond substituents is 2. The van der Waals surface area contributed by atoms with Crippen LogP contribution in [0.4, 0.5) is 0 Å². The second-order valence-electron chi connectivity index (χ2n) is 8.50. The predicted octanol–water partition coefficient (Wildman–Crippen LogP) is 6.68. The lowest BCUT2D eigenvalue weighted by Crippen LogP contribution is -2.10. The number of aromatic hydroxyl groups is 2. The predicted molar refractivity (Wildman–Crippen MR) is 134 cm³/mol. The topological polar surface area (TPSA) is 96.2 Å². The summed E-state index contributed by atoms with van der Waals surface area (Å²) in [5, 5.41) is 30.0. The number of aliphatic hydroxyl groups excluding tert-OH is 1. The van der Waals surface area contributed by atoms with Gasteiger partial charge in [0.1, 0.15) is 29.1 Å². The molecule has 3 N–H and O–H groups in total. The Morgan fingerprint density at radius 1 is 0.941 bits per heavy atom. The lowest BCUT2D eigenvalue weighted by atomic mass is 10.1. The van der Waals surface area contributed by atoms with E-state index in [2.05, 4.69) is 6.92 Å². The van der Waals surface area contributed by atoms with Gasteiger partial charge in [0.2, 0.25) is 0 Å². The molecule has 0 aliphatic heterocycles. The third kappa shape index (κ3) is 9.48. The van der Waals surface area contributed by atoms with E-state index in [0.717, 1.165) is 19.3 Å². The van der Waals surface area contributed by atoms with Crippen LogP contribution in [0.25, 0.3) is 6.08 Å². The van der Waals surface area contributed by atoms with Gasteiger partial charge >= 0.3 is 5.97 Å². The van der Waals surface area contributed by atoms with Crippen molar-refractivity contribution in [2.45, 2.75) is 77.2 Å². The Hall–Kier alpha value is -2.99. The number of ether oxygens (including phenoxy) is 2. The number of carbonyl (C=O) groups excluding carboxylic acids is 1. The molecular weight excluding hydrogens is 432 g/mol. The van der Waals surface area contributed by atoms with Gasteiger partial charge in [0, 0.05) is 29.7 Å². The molecule has 6 heteroatoms. The number of aliphatic hydroxyl groups is 1. The molecule has 0 saturated carbocycles. The van der Waals surface area contributed by atoms with Gasteiger partial charge < -0.3 is 24.8 Å². The Labute approximate surface area is 202 Å². The molecule has 2 aromatic carbocycles. The van der Waals surface area contributed by atoms with E-state index in [1.807, 2.05) is 0 Å². The molecule has 2 aromatic rings. The standard InChI is InChI=1S/C28H38O6/c1-3-4-5-6-7-8-9-10-11-12-28(32)34-27-20-23(33-2)16-17-24(27)25(30)18-14-21-13-15-22(29)19-26(21)31/h13-20,25,29-31H,3-12H2,1-2H3. The number of carbonyl (C=O) groups is 1. The van der Waals surface area contributed by atoms with E-state index >= 15 is 0 Å². The molecule has 34 heavy (non-hydrogen) atoms. The van der Waals surface area contributed by atoms with Crippen molar-refractivity contribution in [1.82, 2.24) is 0 Å². The minimum atomic E-state index is -1.07. The SMILES string of the molecule is CCCCCCCCCCCC(=O)Oc1cc(OC)ccc1C(O)C=Cc1ccc(O)cc1O. The fourth-order valence-electron chi connectivity index (χ4n) is 3.70. The van der Waals surface area contributed by atoms with Gasteiger partial charge in [-0.2, -0.15) is 0 Å². The molecule has 1 atom stereocenters. The van der Waals surface area contributed by atoms with Crippen LogP contribution >= 0.6 is 0 Å². The summed E-state index contributed by atoms with van der Waals surface area (Å²) in [6, 6.07) is 9.11. The number of rotatable bonds is 15. The largest absolute Gasteiger partial charge is 0.508 e. The molecule has 0 spiro atoms. The Morgan fingerprint density at radius 3 is 2.26 bits per heavy atom. The zero-order valence-electron chi connectivity index (χ0n) is 20.3. The van der Waals surface area contributed by atoms with Crippen LogP contribution in [0.2, 0.25) is 0 Å². The average Bonchev–Trinajstić information content (AvgIpc) is 2.82. The first kappa shape index (κ1) is 27.3. The van der Waals surface area contributed by atoms with Crippen molar-refractivity contribution in [3.05, 3.63) is 53.6 Å². The van der Waals surface area contributed by atoms with Crippen molar-refractivity contribution in [3.63, 3.8) is 0 Å². The van der Waals surface area contributed by atoms with Crippen molar-refractivity contribution >= 4 is 12.0 Å². The molecular formula is C28H38O6. The van der Waals surface area contributed by atoms with Gasteiger partial charge in [-0.25, -0.2) is 0 Å². The summed E-state index contributed by atoms with van der Waals surface area (Å²) in [6.07, 6.45) is 12.8. The summed E-state index contributed by atoms with van der Waals surface area (Å²) in [5.41, 5.74) is 0.852. The first-order valence-corrected chi connectivity index (χ1v) is 12.2. The minimum Gasteiger partial charge on any atom is -0.508 e. The number of methoxy groups -OCH3 is 1. The molecule has 0 heterocycles. The Morgan fingerprint density at radius 2 is 1.62 bits per heavy atom. The quantitative estimate of drug-likeness (QED) is 0.153. The number of phenols is 2. The van der Waals surface area contributed by atoms with E-state index in [9.17, 15) is 20.1 Å². The van der Waals surface area contributed by atoms with Crippen LogP contribution in [0.15, 0.2) is 42.5 Å². The third-order valence-electron chi connectivity index (χ3n) is 5.72. The van der Waals surface area contributed by atoms with Crippen molar-refractivity contribution in [2.24, 2.45) is 0 Å². The minimum absolute atomic E-state index is 0.0495. The van der Waals surface area contributed by atoms with E-state index < -0.39 is 6.10 Å². The van der Waals surface area contributed by atoms with Gasteiger partial charge in [-0.15, -0.1) is 0 Å². The van der Waals surface area contributed by atoms with Crippen LogP contribution in [-0.4, -0.2) is 28.4 Å². The van der Waals surface area contributed by atoms with Crippen molar-refractivity contribution in [3.8, 4) is 23.0 Å². The third-order valence-corrected chi connectivity index (χ3v) is 5.72. The fourth-order valence-corrected chi connectivity index (χ4v) is 3.70. The van der Waals surface area contributed by atoms with E-state index in [-0.39, 0.29) is 23.2 Å². The highest BCUT2D eigenvalue weighted by molar-refractivity contribution is 5.73. The van der Waals surface area contributed by atoms with Gasteiger partial charge in [-0.1, -0.05) is 70.4 Å². The van der Waals surface area contributed by atoms with Crippen molar-refractivity contribution < 1.29 is 29.6 Å². The van der Waals surface area contributed by atoms with Gasteiger partial charge in [-0.05, 0) is 30.7 Å². The Balaban J connectivity index is 1.91. The smallest absolute Gasteiger partial charge is 0.311 e. The molecule has 0 radical (unpaired) electrons. The highest BCUT2D eigenvalue weighted by Crippen LogP contribution is 2.32. The van der Waals surface area contributed by atoms with Crippen molar-refractivity contribution in [1.29, 1.82) is 0 Å². The molecule has 0 bridgehead atoms.